The molecule has 0 aromatic heterocycles. The number of phenolic OH excluding ortho intramolecular Hbond substituents is 3. The number of hydrogen-bond acceptors (Lipinski definition) is 13. The molecule has 13 heteroatoms. The van der Waals surface area contributed by atoms with Gasteiger partial charge in [-0.25, -0.2) is 0 Å². The van der Waals surface area contributed by atoms with Crippen LogP contribution in [0.25, 0.3) is 0 Å². The summed E-state index contributed by atoms with van der Waals surface area (Å²) >= 11 is 0. The summed E-state index contributed by atoms with van der Waals surface area (Å²) in [5, 5.41) is 82.9. The van der Waals surface area contributed by atoms with E-state index in [1.165, 1.54) is 13.2 Å². The van der Waals surface area contributed by atoms with Crippen LogP contribution in [0.15, 0.2) is 30.3 Å². The number of benzene rings is 2. The molecule has 2 aliphatic carbocycles. The van der Waals surface area contributed by atoms with Crippen molar-refractivity contribution in [3.63, 3.8) is 0 Å². The molecular weight excluding hydrogens is 556 g/mol. The SMILES string of the molecule is COc1ccc(CCC(=O)c2c(O)cc(OC3OC(CO)C(O)C(O)C3OC3CC4CC4C(O)C3O)cc2O)cc1O. The normalized spacial score (nSPS) is 34.0. The number of ether oxygens (including phenoxy) is 4. The van der Waals surface area contributed by atoms with Crippen LogP contribution in [0.2, 0.25) is 0 Å². The van der Waals surface area contributed by atoms with Crippen LogP contribution in [0, 0.1) is 11.8 Å². The number of hydrogen-bond donors (Lipinski definition) is 8. The summed E-state index contributed by atoms with van der Waals surface area (Å²) in [5.41, 5.74) is 0.285. The van der Waals surface area contributed by atoms with E-state index < -0.39 is 72.9 Å². The first-order valence-corrected chi connectivity index (χ1v) is 13.8. The molecule has 2 saturated carbocycles. The molecule has 3 fully saturated rings. The molecule has 1 aliphatic heterocycles. The highest BCUT2D eigenvalue weighted by molar-refractivity contribution is 6.01. The Balaban J connectivity index is 1.30. The lowest BCUT2D eigenvalue weighted by Crippen LogP contribution is -2.62. The highest BCUT2D eigenvalue weighted by Crippen LogP contribution is 2.50. The number of rotatable bonds is 10. The largest absolute Gasteiger partial charge is 0.507 e. The number of Topliss-reactive ketones (excluding diaryl/α,β-unsaturated/α-hetero) is 1. The second-order valence-corrected chi connectivity index (χ2v) is 11.1. The smallest absolute Gasteiger partial charge is 0.229 e. The van der Waals surface area contributed by atoms with Crippen molar-refractivity contribution in [1.29, 1.82) is 0 Å². The minimum absolute atomic E-state index is 0.0145. The Morgan fingerprint density at radius 1 is 0.929 bits per heavy atom. The zero-order chi connectivity index (χ0) is 30.3. The predicted molar refractivity (Wildman–Crippen MR) is 142 cm³/mol. The van der Waals surface area contributed by atoms with Crippen LogP contribution in [-0.2, 0) is 15.9 Å². The van der Waals surface area contributed by atoms with Crippen LogP contribution in [0.4, 0.5) is 0 Å². The molecule has 10 atom stereocenters. The Hall–Kier alpha value is -3.17. The van der Waals surface area contributed by atoms with Crippen LogP contribution in [-0.4, -0.2) is 109 Å². The fraction of sp³-hybridized carbons (Fsp3) is 0.552. The van der Waals surface area contributed by atoms with Crippen molar-refractivity contribution in [2.45, 2.75) is 74.7 Å². The van der Waals surface area contributed by atoms with Crippen LogP contribution in [0.1, 0.15) is 35.2 Å². The van der Waals surface area contributed by atoms with Gasteiger partial charge in [0.15, 0.2) is 17.3 Å². The Morgan fingerprint density at radius 2 is 1.64 bits per heavy atom. The number of aliphatic hydroxyl groups is 5. The van der Waals surface area contributed by atoms with Crippen molar-refractivity contribution < 1.29 is 64.6 Å². The molecule has 2 aromatic carbocycles. The van der Waals surface area contributed by atoms with Gasteiger partial charge in [-0.3, -0.25) is 4.79 Å². The first kappa shape index (κ1) is 30.3. The third-order valence-electron chi connectivity index (χ3n) is 8.32. The van der Waals surface area contributed by atoms with Crippen LogP contribution >= 0.6 is 0 Å². The molecule has 3 aliphatic rings. The Morgan fingerprint density at radius 3 is 2.29 bits per heavy atom. The molecule has 8 N–H and O–H groups in total. The van der Waals surface area contributed by atoms with Crippen LogP contribution < -0.4 is 9.47 Å². The first-order valence-electron chi connectivity index (χ1n) is 13.8. The van der Waals surface area contributed by atoms with Gasteiger partial charge in [0, 0.05) is 18.6 Å². The molecule has 0 radical (unpaired) electrons. The molecule has 13 nitrogen and oxygen atoms in total. The number of carbonyl (C=O) groups is 1. The van der Waals surface area contributed by atoms with E-state index in [2.05, 4.69) is 0 Å². The Labute approximate surface area is 241 Å². The molecule has 0 bridgehead atoms. The molecule has 5 rings (SSSR count). The number of aliphatic hydroxyl groups excluding tert-OH is 5. The minimum atomic E-state index is -1.62. The van der Waals surface area contributed by atoms with Gasteiger partial charge in [0.1, 0.15) is 53.3 Å². The third kappa shape index (κ3) is 5.99. The van der Waals surface area contributed by atoms with Crippen molar-refractivity contribution in [3.05, 3.63) is 41.5 Å². The average molecular weight is 593 g/mol. The average Bonchev–Trinajstić information content (AvgIpc) is 3.73. The zero-order valence-corrected chi connectivity index (χ0v) is 22.8. The molecule has 10 unspecified atom stereocenters. The first-order chi connectivity index (χ1) is 20.0. The molecular formula is C29H36O13. The van der Waals surface area contributed by atoms with Gasteiger partial charge in [0.05, 0.1) is 25.9 Å². The van der Waals surface area contributed by atoms with E-state index in [9.17, 15) is 45.6 Å². The molecule has 2 aromatic rings. The second kappa shape index (κ2) is 12.2. The van der Waals surface area contributed by atoms with Crippen molar-refractivity contribution in [2.75, 3.05) is 13.7 Å². The maximum absolute atomic E-state index is 12.9. The van der Waals surface area contributed by atoms with Crippen molar-refractivity contribution in [1.82, 2.24) is 0 Å². The van der Waals surface area contributed by atoms with Gasteiger partial charge in [-0.1, -0.05) is 6.07 Å². The number of fused-ring (bicyclic) bond motifs is 1. The topological polar surface area (TPSA) is 216 Å². The van der Waals surface area contributed by atoms with Gasteiger partial charge in [-0.2, -0.15) is 0 Å². The number of phenols is 3. The summed E-state index contributed by atoms with van der Waals surface area (Å²) in [7, 11) is 1.41. The monoisotopic (exact) mass is 592 g/mol. The summed E-state index contributed by atoms with van der Waals surface area (Å²) in [6.07, 6.45) is -9.21. The summed E-state index contributed by atoms with van der Waals surface area (Å²) in [4.78, 5) is 12.9. The van der Waals surface area contributed by atoms with E-state index in [4.69, 9.17) is 18.9 Å². The Bertz CT molecular complexity index is 1260. The molecule has 0 amide bonds. The van der Waals surface area contributed by atoms with Gasteiger partial charge in [0.2, 0.25) is 6.29 Å². The fourth-order valence-electron chi connectivity index (χ4n) is 5.85. The van der Waals surface area contributed by atoms with E-state index >= 15 is 0 Å². The van der Waals surface area contributed by atoms with Gasteiger partial charge >= 0.3 is 0 Å². The fourth-order valence-corrected chi connectivity index (χ4v) is 5.85. The van der Waals surface area contributed by atoms with E-state index in [1.54, 1.807) is 12.1 Å². The van der Waals surface area contributed by atoms with Crippen LogP contribution in [0.5, 0.6) is 28.7 Å². The second-order valence-electron chi connectivity index (χ2n) is 11.1. The van der Waals surface area contributed by atoms with Crippen molar-refractivity contribution in [2.24, 2.45) is 11.8 Å². The summed E-state index contributed by atoms with van der Waals surface area (Å²) in [6.45, 7) is -0.671. The van der Waals surface area contributed by atoms with E-state index in [-0.39, 0.29) is 47.5 Å². The molecule has 1 heterocycles. The molecule has 0 spiro atoms. The number of aromatic hydroxyl groups is 3. The lowest BCUT2D eigenvalue weighted by atomic mass is 9.91. The van der Waals surface area contributed by atoms with Crippen LogP contribution in [0.3, 0.4) is 0 Å². The quantitative estimate of drug-likeness (QED) is 0.170. The number of aryl methyl sites for hydroxylation is 1. The van der Waals surface area contributed by atoms with Gasteiger partial charge in [0.25, 0.3) is 0 Å². The van der Waals surface area contributed by atoms with E-state index in [1.807, 2.05) is 0 Å². The van der Waals surface area contributed by atoms with Gasteiger partial charge in [-0.05, 0) is 48.8 Å². The standard InChI is InChI=1S/C29H36O13/c1-39-20-5-3-12(6-17(20)32)2-4-16(31)23-18(33)9-14(10-19(23)34)40-29-28(27(38)26(37)22(11-30)42-29)41-21-8-13-7-15(13)24(35)25(21)36/h3,5-6,9-10,13,15,21-22,24-30,32-38H,2,4,7-8,11H2,1H3. The zero-order valence-electron chi connectivity index (χ0n) is 22.8. The van der Waals surface area contributed by atoms with Gasteiger partial charge in [-0.15, -0.1) is 0 Å². The summed E-state index contributed by atoms with van der Waals surface area (Å²) < 4.78 is 22.4. The summed E-state index contributed by atoms with van der Waals surface area (Å²) in [5.74, 6) is -1.61. The number of methoxy groups -OCH3 is 1. The summed E-state index contributed by atoms with van der Waals surface area (Å²) in [6, 6.07) is 6.80. The highest BCUT2D eigenvalue weighted by atomic mass is 16.7. The number of ketones is 1. The molecule has 42 heavy (non-hydrogen) atoms. The Kier molecular flexibility index (Phi) is 8.81. The third-order valence-corrected chi connectivity index (χ3v) is 8.32. The maximum Gasteiger partial charge on any atom is 0.229 e. The van der Waals surface area contributed by atoms with Crippen molar-refractivity contribution in [3.8, 4) is 28.7 Å². The highest BCUT2D eigenvalue weighted by Gasteiger charge is 2.55. The van der Waals surface area contributed by atoms with E-state index in [0.717, 1.165) is 18.6 Å². The van der Waals surface area contributed by atoms with Gasteiger partial charge < -0.3 is 59.8 Å². The maximum atomic E-state index is 12.9. The van der Waals surface area contributed by atoms with E-state index in [0.29, 0.717) is 12.0 Å². The minimum Gasteiger partial charge on any atom is -0.507 e. The molecule has 230 valence electrons. The number of carbonyl (C=O) groups excluding carboxylic acids is 1. The predicted octanol–water partition coefficient (Wildman–Crippen LogP) is -0.0393. The molecule has 1 saturated heterocycles. The lowest BCUT2D eigenvalue weighted by Gasteiger charge is -2.44. The van der Waals surface area contributed by atoms with Crippen molar-refractivity contribution >= 4 is 5.78 Å². The lowest BCUT2D eigenvalue weighted by molar-refractivity contribution is -0.303.